The highest BCUT2D eigenvalue weighted by atomic mass is 127. The molecule has 1 fully saturated rings. The minimum Gasteiger partial charge on any atom is -0.463 e. The van der Waals surface area contributed by atoms with Crippen molar-refractivity contribution in [2.75, 3.05) is 39.3 Å². The van der Waals surface area contributed by atoms with Crippen LogP contribution in [0.15, 0.2) is 21.5 Å². The molecule has 3 N–H and O–H groups in total. The zero-order chi connectivity index (χ0) is 20.6. The average molecular weight is 521 g/mol. The number of furan rings is 1. The van der Waals surface area contributed by atoms with Crippen molar-refractivity contribution >= 4 is 29.9 Å². The summed E-state index contributed by atoms with van der Waals surface area (Å²) >= 11 is 0. The van der Waals surface area contributed by atoms with Crippen LogP contribution in [0.5, 0.6) is 0 Å². The Kier molecular flexibility index (Phi) is 11.6. The van der Waals surface area contributed by atoms with Crippen LogP contribution in [-0.2, 0) is 5.60 Å². The molecule has 2 rings (SSSR count). The van der Waals surface area contributed by atoms with Gasteiger partial charge in [0.25, 0.3) is 0 Å². The molecule has 0 bridgehead atoms. The number of hydrogen-bond donors (Lipinski definition) is 3. The van der Waals surface area contributed by atoms with Crippen LogP contribution in [0.3, 0.4) is 0 Å². The zero-order valence-corrected chi connectivity index (χ0v) is 21.2. The van der Waals surface area contributed by atoms with Gasteiger partial charge >= 0.3 is 0 Å². The molecule has 1 aromatic heterocycles. The third kappa shape index (κ3) is 9.26. The SMILES string of the molecule is CCNC(=NCC(C)(O)c1ccc(C)o1)NCCCCN1CC(C)CC(C)C1.I. The second-order valence-electron chi connectivity index (χ2n) is 8.72. The lowest BCUT2D eigenvalue weighted by molar-refractivity contribution is 0.0428. The van der Waals surface area contributed by atoms with Crippen LogP contribution in [0.1, 0.15) is 58.5 Å². The number of rotatable bonds is 9. The first-order valence-electron chi connectivity index (χ1n) is 10.8. The lowest BCUT2D eigenvalue weighted by Crippen LogP contribution is -2.40. The van der Waals surface area contributed by atoms with E-state index in [2.05, 4.69) is 34.4 Å². The van der Waals surface area contributed by atoms with E-state index < -0.39 is 5.60 Å². The van der Waals surface area contributed by atoms with Gasteiger partial charge in [-0.3, -0.25) is 0 Å². The number of hydrogen-bond acceptors (Lipinski definition) is 4. The molecule has 0 aliphatic carbocycles. The van der Waals surface area contributed by atoms with Gasteiger partial charge in [-0.25, -0.2) is 4.99 Å². The van der Waals surface area contributed by atoms with Gasteiger partial charge in [0.05, 0.1) is 6.54 Å². The first-order valence-corrected chi connectivity index (χ1v) is 10.8. The van der Waals surface area contributed by atoms with Crippen LogP contribution in [0.4, 0.5) is 0 Å². The molecule has 3 atom stereocenters. The first kappa shape index (κ1) is 26.2. The number of unbranched alkanes of at least 4 members (excludes halogenated alkanes) is 1. The van der Waals surface area contributed by atoms with Crippen LogP contribution in [-0.4, -0.2) is 55.2 Å². The normalized spacial score (nSPS) is 22.6. The molecular weight excluding hydrogens is 479 g/mol. The van der Waals surface area contributed by atoms with Crippen molar-refractivity contribution in [1.82, 2.24) is 15.5 Å². The highest BCUT2D eigenvalue weighted by Gasteiger charge is 2.26. The Balaban J connectivity index is 0.00000420. The largest absolute Gasteiger partial charge is 0.463 e. The van der Waals surface area contributed by atoms with Gasteiger partial charge in [0.2, 0.25) is 0 Å². The van der Waals surface area contributed by atoms with Crippen molar-refractivity contribution in [2.24, 2.45) is 16.8 Å². The smallest absolute Gasteiger partial charge is 0.191 e. The summed E-state index contributed by atoms with van der Waals surface area (Å²) in [6, 6.07) is 3.67. The fourth-order valence-electron chi connectivity index (χ4n) is 4.02. The number of aryl methyl sites for hydroxylation is 1. The first-order chi connectivity index (χ1) is 13.3. The van der Waals surface area contributed by atoms with E-state index in [1.165, 1.54) is 32.5 Å². The van der Waals surface area contributed by atoms with Gasteiger partial charge < -0.3 is 25.1 Å². The summed E-state index contributed by atoms with van der Waals surface area (Å²) in [5, 5.41) is 17.3. The fourth-order valence-corrected chi connectivity index (χ4v) is 4.02. The Morgan fingerprint density at radius 1 is 1.24 bits per heavy atom. The molecule has 3 unspecified atom stereocenters. The lowest BCUT2D eigenvalue weighted by atomic mass is 9.92. The maximum absolute atomic E-state index is 10.7. The molecule has 6 nitrogen and oxygen atoms in total. The van der Waals surface area contributed by atoms with Crippen molar-refractivity contribution in [2.45, 2.75) is 59.5 Å². The van der Waals surface area contributed by atoms with Gasteiger partial charge in [-0.2, -0.15) is 0 Å². The highest BCUT2D eigenvalue weighted by Crippen LogP contribution is 2.23. The molecule has 2 heterocycles. The summed E-state index contributed by atoms with van der Waals surface area (Å²) in [4.78, 5) is 7.16. The number of piperidine rings is 1. The Hall–Kier alpha value is -0.800. The minimum absolute atomic E-state index is 0. The molecule has 29 heavy (non-hydrogen) atoms. The third-order valence-electron chi connectivity index (χ3n) is 5.30. The number of likely N-dealkylation sites (tertiary alicyclic amines) is 1. The molecule has 7 heteroatoms. The number of halogens is 1. The predicted octanol–water partition coefficient (Wildman–Crippen LogP) is 3.73. The topological polar surface area (TPSA) is 73.0 Å². The summed E-state index contributed by atoms with van der Waals surface area (Å²) in [5.74, 6) is 3.72. The van der Waals surface area contributed by atoms with Crippen LogP contribution >= 0.6 is 24.0 Å². The molecule has 1 aromatic rings. The van der Waals surface area contributed by atoms with Gasteiger partial charge in [0.15, 0.2) is 5.96 Å². The van der Waals surface area contributed by atoms with E-state index in [9.17, 15) is 5.11 Å². The molecule has 0 radical (unpaired) electrons. The molecule has 1 aliphatic heterocycles. The van der Waals surface area contributed by atoms with Gasteiger partial charge in [-0.15, -0.1) is 24.0 Å². The standard InChI is InChI=1S/C22H40N4O2.HI/c1-6-23-21(25-16-22(5,27)20-10-9-19(4)28-20)24-11-7-8-12-26-14-17(2)13-18(3)15-26;/h9-10,17-18,27H,6-8,11-16H2,1-5H3,(H2,23,24,25);1H. The van der Waals surface area contributed by atoms with Crippen LogP contribution < -0.4 is 10.6 Å². The predicted molar refractivity (Wildman–Crippen MR) is 131 cm³/mol. The van der Waals surface area contributed by atoms with Crippen LogP contribution in [0.25, 0.3) is 0 Å². The molecule has 0 aromatic carbocycles. The van der Waals surface area contributed by atoms with E-state index in [1.54, 1.807) is 6.92 Å². The second-order valence-corrected chi connectivity index (χ2v) is 8.72. The number of aliphatic imine (C=N–C) groups is 1. The van der Waals surface area contributed by atoms with Crippen molar-refractivity contribution in [3.63, 3.8) is 0 Å². The van der Waals surface area contributed by atoms with Crippen molar-refractivity contribution in [3.05, 3.63) is 23.7 Å². The van der Waals surface area contributed by atoms with E-state index in [0.29, 0.717) is 5.76 Å². The minimum atomic E-state index is -1.11. The Morgan fingerprint density at radius 2 is 1.93 bits per heavy atom. The summed E-state index contributed by atoms with van der Waals surface area (Å²) in [6.45, 7) is 16.0. The van der Waals surface area contributed by atoms with Crippen molar-refractivity contribution in [1.29, 1.82) is 0 Å². The monoisotopic (exact) mass is 520 g/mol. The molecule has 0 saturated carbocycles. The van der Waals surface area contributed by atoms with Crippen molar-refractivity contribution < 1.29 is 9.52 Å². The third-order valence-corrected chi connectivity index (χ3v) is 5.30. The lowest BCUT2D eigenvalue weighted by Gasteiger charge is -2.34. The quantitative estimate of drug-likeness (QED) is 0.200. The Labute approximate surface area is 193 Å². The van der Waals surface area contributed by atoms with E-state index in [-0.39, 0.29) is 30.5 Å². The zero-order valence-electron chi connectivity index (χ0n) is 18.8. The Bertz CT molecular complexity index is 608. The van der Waals surface area contributed by atoms with E-state index in [1.807, 2.05) is 26.0 Å². The van der Waals surface area contributed by atoms with E-state index in [4.69, 9.17) is 4.42 Å². The van der Waals surface area contributed by atoms with Gasteiger partial charge in [0, 0.05) is 26.2 Å². The number of guanidine groups is 1. The molecule has 1 saturated heterocycles. The number of nitrogens with one attached hydrogen (secondary N) is 2. The van der Waals surface area contributed by atoms with E-state index in [0.717, 1.165) is 43.1 Å². The average Bonchev–Trinajstić information content (AvgIpc) is 3.06. The Morgan fingerprint density at radius 3 is 2.52 bits per heavy atom. The molecular formula is C22H41IN4O2. The second kappa shape index (κ2) is 12.8. The van der Waals surface area contributed by atoms with Crippen LogP contribution in [0, 0.1) is 18.8 Å². The summed E-state index contributed by atoms with van der Waals surface area (Å²) in [6.07, 6.45) is 3.66. The van der Waals surface area contributed by atoms with Gasteiger partial charge in [-0.05, 0) is 70.5 Å². The summed E-state index contributed by atoms with van der Waals surface area (Å²) in [7, 11) is 0. The molecule has 1 aliphatic rings. The maximum Gasteiger partial charge on any atom is 0.191 e. The highest BCUT2D eigenvalue weighted by molar-refractivity contribution is 14.0. The van der Waals surface area contributed by atoms with E-state index >= 15 is 0 Å². The van der Waals surface area contributed by atoms with Crippen molar-refractivity contribution in [3.8, 4) is 0 Å². The molecule has 168 valence electrons. The molecule has 0 amide bonds. The van der Waals surface area contributed by atoms with Gasteiger partial charge in [0.1, 0.15) is 17.1 Å². The van der Waals surface area contributed by atoms with Crippen LogP contribution in [0.2, 0.25) is 0 Å². The summed E-state index contributed by atoms with van der Waals surface area (Å²) < 4.78 is 5.56. The molecule has 0 spiro atoms. The fraction of sp³-hybridized carbons (Fsp3) is 0.773. The number of aliphatic hydroxyl groups is 1. The van der Waals surface area contributed by atoms with Gasteiger partial charge in [-0.1, -0.05) is 13.8 Å². The summed E-state index contributed by atoms with van der Waals surface area (Å²) in [5.41, 5.74) is -1.11. The number of nitrogens with zero attached hydrogens (tertiary/aromatic N) is 2. The maximum atomic E-state index is 10.7.